The third-order valence-electron chi connectivity index (χ3n) is 3.20. The van der Waals surface area contributed by atoms with E-state index in [4.69, 9.17) is 4.74 Å². The highest BCUT2D eigenvalue weighted by molar-refractivity contribution is 8.00. The van der Waals surface area contributed by atoms with Crippen LogP contribution in [0.5, 0.6) is 5.75 Å². The molecule has 2 aliphatic heterocycles. The second kappa shape index (κ2) is 4.26. The molecule has 1 unspecified atom stereocenters. The van der Waals surface area contributed by atoms with E-state index in [1.165, 1.54) is 16.0 Å². The first-order valence-electron chi connectivity index (χ1n) is 6.07. The van der Waals surface area contributed by atoms with Crippen LogP contribution in [0.25, 0.3) is 12.2 Å². The number of hydrogen-bond acceptors (Lipinski definition) is 2. The number of thioether (sulfide) groups is 1. The summed E-state index contributed by atoms with van der Waals surface area (Å²) in [5, 5.41) is 0.592. The van der Waals surface area contributed by atoms with Gasteiger partial charge in [-0.05, 0) is 29.7 Å². The summed E-state index contributed by atoms with van der Waals surface area (Å²) in [4.78, 5) is 1.38. The fourth-order valence-electron chi connectivity index (χ4n) is 2.21. The molecule has 0 radical (unpaired) electrons. The first-order chi connectivity index (χ1) is 8.25. The molecule has 2 aliphatic rings. The molecule has 0 bridgehead atoms. The zero-order valence-electron chi connectivity index (χ0n) is 10.1. The van der Waals surface area contributed by atoms with Crippen LogP contribution in [0.2, 0.25) is 0 Å². The van der Waals surface area contributed by atoms with Gasteiger partial charge in [-0.25, -0.2) is 0 Å². The SMILES string of the molecule is CC(C)C1C=Cc2c(ccc3c2C=CCO3)S1. The highest BCUT2D eigenvalue weighted by Crippen LogP contribution is 2.41. The first kappa shape index (κ1) is 11.0. The monoisotopic (exact) mass is 244 g/mol. The predicted molar refractivity (Wildman–Crippen MR) is 74.5 cm³/mol. The van der Waals surface area contributed by atoms with Gasteiger partial charge in [0.1, 0.15) is 12.4 Å². The molecule has 1 aromatic carbocycles. The minimum Gasteiger partial charge on any atom is -0.489 e. The lowest BCUT2D eigenvalue weighted by molar-refractivity contribution is 0.358. The van der Waals surface area contributed by atoms with Crippen LogP contribution in [0.4, 0.5) is 0 Å². The molecule has 0 amide bonds. The summed E-state index contributed by atoms with van der Waals surface area (Å²) in [6.45, 7) is 5.24. The Kier molecular flexibility index (Phi) is 2.75. The lowest BCUT2D eigenvalue weighted by Crippen LogP contribution is -2.11. The summed E-state index contributed by atoms with van der Waals surface area (Å²) in [7, 11) is 0. The summed E-state index contributed by atoms with van der Waals surface area (Å²) in [5.74, 6) is 1.69. The Hall–Kier alpha value is -1.15. The van der Waals surface area contributed by atoms with E-state index in [1.54, 1.807) is 0 Å². The van der Waals surface area contributed by atoms with Gasteiger partial charge in [-0.15, -0.1) is 11.8 Å². The Morgan fingerprint density at radius 3 is 2.94 bits per heavy atom. The van der Waals surface area contributed by atoms with Crippen LogP contribution in [0, 0.1) is 5.92 Å². The number of fused-ring (bicyclic) bond motifs is 3. The number of benzene rings is 1. The van der Waals surface area contributed by atoms with E-state index < -0.39 is 0 Å². The minimum absolute atomic E-state index is 0.592. The molecule has 0 saturated heterocycles. The van der Waals surface area contributed by atoms with Gasteiger partial charge in [-0.1, -0.05) is 32.1 Å². The quantitative estimate of drug-likeness (QED) is 0.731. The van der Waals surface area contributed by atoms with Crippen LogP contribution in [0.1, 0.15) is 25.0 Å². The van der Waals surface area contributed by atoms with Gasteiger partial charge in [0.2, 0.25) is 0 Å². The van der Waals surface area contributed by atoms with Gasteiger partial charge in [0.05, 0.1) is 0 Å². The normalized spacial score (nSPS) is 21.0. The fraction of sp³-hybridized carbons (Fsp3) is 0.333. The molecule has 0 spiro atoms. The van der Waals surface area contributed by atoms with Crippen LogP contribution in [-0.2, 0) is 0 Å². The molecule has 0 saturated carbocycles. The van der Waals surface area contributed by atoms with Crippen molar-refractivity contribution < 1.29 is 4.74 Å². The molecular weight excluding hydrogens is 228 g/mol. The third-order valence-corrected chi connectivity index (χ3v) is 4.78. The van der Waals surface area contributed by atoms with E-state index >= 15 is 0 Å². The maximum absolute atomic E-state index is 5.63. The van der Waals surface area contributed by atoms with Crippen molar-refractivity contribution in [1.82, 2.24) is 0 Å². The molecule has 2 heteroatoms. The second-order valence-electron chi connectivity index (χ2n) is 4.79. The Balaban J connectivity index is 2.05. The minimum atomic E-state index is 0.592. The van der Waals surface area contributed by atoms with Gasteiger partial charge in [0.25, 0.3) is 0 Å². The summed E-state index contributed by atoms with van der Waals surface area (Å²) >= 11 is 1.96. The van der Waals surface area contributed by atoms with E-state index in [-0.39, 0.29) is 0 Å². The Bertz CT molecular complexity index is 500. The van der Waals surface area contributed by atoms with Crippen molar-refractivity contribution >= 4 is 23.9 Å². The van der Waals surface area contributed by atoms with Gasteiger partial charge in [0.15, 0.2) is 0 Å². The number of ether oxygens (including phenoxy) is 1. The molecule has 1 aromatic rings. The summed E-state index contributed by atoms with van der Waals surface area (Å²) in [5.41, 5.74) is 2.56. The maximum atomic E-state index is 5.63. The maximum Gasteiger partial charge on any atom is 0.127 e. The van der Waals surface area contributed by atoms with E-state index in [9.17, 15) is 0 Å². The Labute approximate surface area is 107 Å². The molecule has 17 heavy (non-hydrogen) atoms. The van der Waals surface area contributed by atoms with Crippen LogP contribution in [-0.4, -0.2) is 11.9 Å². The van der Waals surface area contributed by atoms with Crippen molar-refractivity contribution in [1.29, 1.82) is 0 Å². The van der Waals surface area contributed by atoms with Crippen LogP contribution in [0.3, 0.4) is 0 Å². The van der Waals surface area contributed by atoms with Crippen molar-refractivity contribution in [3.05, 3.63) is 35.4 Å². The smallest absolute Gasteiger partial charge is 0.127 e. The van der Waals surface area contributed by atoms with Gasteiger partial charge < -0.3 is 4.74 Å². The van der Waals surface area contributed by atoms with Crippen molar-refractivity contribution in [3.8, 4) is 5.75 Å². The highest BCUT2D eigenvalue weighted by Gasteiger charge is 2.21. The van der Waals surface area contributed by atoms with E-state index in [1.807, 2.05) is 11.8 Å². The molecule has 1 atom stereocenters. The zero-order chi connectivity index (χ0) is 11.8. The lowest BCUT2D eigenvalue weighted by atomic mass is 10.0. The topological polar surface area (TPSA) is 9.23 Å². The van der Waals surface area contributed by atoms with Crippen molar-refractivity contribution in [2.45, 2.75) is 24.0 Å². The fourth-order valence-corrected chi connectivity index (χ4v) is 3.38. The Morgan fingerprint density at radius 2 is 2.12 bits per heavy atom. The average molecular weight is 244 g/mol. The van der Waals surface area contributed by atoms with E-state index in [0.29, 0.717) is 17.8 Å². The predicted octanol–water partition coefficient (Wildman–Crippen LogP) is 4.24. The summed E-state index contributed by atoms with van der Waals surface area (Å²) in [6, 6.07) is 4.29. The van der Waals surface area contributed by atoms with E-state index in [2.05, 4.69) is 50.3 Å². The van der Waals surface area contributed by atoms with Gasteiger partial charge in [-0.3, -0.25) is 0 Å². The van der Waals surface area contributed by atoms with Gasteiger partial charge in [-0.2, -0.15) is 0 Å². The van der Waals surface area contributed by atoms with Crippen LogP contribution in [0.15, 0.2) is 29.2 Å². The summed E-state index contributed by atoms with van der Waals surface area (Å²) in [6.07, 6.45) is 8.84. The third kappa shape index (κ3) is 1.91. The van der Waals surface area contributed by atoms with Gasteiger partial charge in [0, 0.05) is 15.7 Å². The van der Waals surface area contributed by atoms with Crippen LogP contribution < -0.4 is 4.74 Å². The molecule has 0 N–H and O–H groups in total. The van der Waals surface area contributed by atoms with Crippen LogP contribution >= 0.6 is 11.8 Å². The second-order valence-corrected chi connectivity index (χ2v) is 6.01. The van der Waals surface area contributed by atoms with Crippen molar-refractivity contribution in [2.75, 3.05) is 6.61 Å². The number of rotatable bonds is 1. The van der Waals surface area contributed by atoms with Gasteiger partial charge >= 0.3 is 0 Å². The summed E-state index contributed by atoms with van der Waals surface area (Å²) < 4.78 is 5.63. The number of hydrogen-bond donors (Lipinski definition) is 0. The largest absolute Gasteiger partial charge is 0.489 e. The molecule has 0 fully saturated rings. The Morgan fingerprint density at radius 1 is 1.24 bits per heavy atom. The highest BCUT2D eigenvalue weighted by atomic mass is 32.2. The molecular formula is C15H16OS. The molecule has 0 aromatic heterocycles. The lowest BCUT2D eigenvalue weighted by Gasteiger charge is -2.25. The molecule has 0 aliphatic carbocycles. The molecule has 3 rings (SSSR count). The van der Waals surface area contributed by atoms with Crippen molar-refractivity contribution in [3.63, 3.8) is 0 Å². The van der Waals surface area contributed by atoms with Crippen molar-refractivity contribution in [2.24, 2.45) is 5.92 Å². The zero-order valence-corrected chi connectivity index (χ0v) is 11.0. The molecule has 88 valence electrons. The molecule has 1 nitrogen and oxygen atoms in total. The standard InChI is InChI=1S/C15H16OS/c1-10(2)14-7-5-12-11-4-3-9-16-13(11)6-8-15(12)17-14/h3-8,10,14H,9H2,1-2H3. The van der Waals surface area contributed by atoms with E-state index in [0.717, 1.165) is 5.75 Å². The average Bonchev–Trinajstić information content (AvgIpc) is 2.38. The molecule has 2 heterocycles. The first-order valence-corrected chi connectivity index (χ1v) is 6.95.